The number of hydrogen-bond donors (Lipinski definition) is 1. The van der Waals surface area contributed by atoms with Crippen LogP contribution in [0.3, 0.4) is 0 Å². The Bertz CT molecular complexity index is 1290. The normalized spacial score (nSPS) is 11.6. The van der Waals surface area contributed by atoms with Crippen LogP contribution in [0.15, 0.2) is 54.6 Å². The van der Waals surface area contributed by atoms with Crippen molar-refractivity contribution in [3.8, 4) is 5.69 Å². The van der Waals surface area contributed by atoms with Crippen LogP contribution >= 0.6 is 0 Å². The van der Waals surface area contributed by atoms with E-state index in [1.807, 2.05) is 79.9 Å². The van der Waals surface area contributed by atoms with Crippen LogP contribution in [-0.4, -0.2) is 31.0 Å². The van der Waals surface area contributed by atoms with Crippen molar-refractivity contribution in [2.45, 2.75) is 40.2 Å². The van der Waals surface area contributed by atoms with E-state index in [9.17, 15) is 9.59 Å². The van der Waals surface area contributed by atoms with Gasteiger partial charge in [-0.25, -0.2) is 9.67 Å². The summed E-state index contributed by atoms with van der Waals surface area (Å²) in [5.74, 6) is -1.03. The molecule has 158 valence electrons. The van der Waals surface area contributed by atoms with E-state index in [2.05, 4.69) is 15.4 Å². The molecule has 0 aliphatic heterocycles. The number of hydrogen-bond acceptors (Lipinski definition) is 4. The highest BCUT2D eigenvalue weighted by atomic mass is 16.2. The van der Waals surface area contributed by atoms with Crippen molar-refractivity contribution < 1.29 is 9.59 Å². The Morgan fingerprint density at radius 3 is 2.26 bits per heavy atom. The fraction of sp³-hybridized carbons (Fsp3) is 0.250. The predicted octanol–water partition coefficient (Wildman–Crippen LogP) is 4.42. The number of anilines is 1. The standard InChI is InChI=1S/C24H25N5O2/c1-15-20(16(2)29(27-15)17-11-7-6-8-12-17)21(30)22(31)26-23-25-18-13-9-10-14-19(18)28(23)24(3,4)5/h6-14H,1-5H3,(H,25,26,31). The molecule has 0 aliphatic rings. The van der Waals surface area contributed by atoms with Crippen LogP contribution in [0.2, 0.25) is 0 Å². The summed E-state index contributed by atoms with van der Waals surface area (Å²) in [6.45, 7) is 9.60. The number of imidazole rings is 1. The summed E-state index contributed by atoms with van der Waals surface area (Å²) in [6, 6.07) is 17.2. The van der Waals surface area contributed by atoms with Gasteiger partial charge >= 0.3 is 0 Å². The molecule has 0 saturated heterocycles. The second-order valence-electron chi connectivity index (χ2n) is 8.51. The Hall–Kier alpha value is -3.74. The number of aryl methyl sites for hydroxylation is 1. The first kappa shape index (κ1) is 20.5. The topological polar surface area (TPSA) is 81.8 Å². The van der Waals surface area contributed by atoms with Crippen LogP contribution in [0.1, 0.15) is 42.5 Å². The zero-order chi connectivity index (χ0) is 22.3. The molecule has 0 atom stereocenters. The molecule has 2 aromatic heterocycles. The maximum Gasteiger partial charge on any atom is 0.299 e. The third-order valence-corrected chi connectivity index (χ3v) is 5.18. The quantitative estimate of drug-likeness (QED) is 0.395. The molecule has 0 saturated carbocycles. The molecule has 0 unspecified atom stereocenters. The molecule has 4 aromatic rings. The van der Waals surface area contributed by atoms with E-state index in [-0.39, 0.29) is 5.54 Å². The van der Waals surface area contributed by atoms with Gasteiger partial charge in [0.2, 0.25) is 5.95 Å². The monoisotopic (exact) mass is 415 g/mol. The largest absolute Gasteiger partial charge is 0.305 e. The number of rotatable bonds is 4. The van der Waals surface area contributed by atoms with Gasteiger partial charge in [0.25, 0.3) is 11.7 Å². The lowest BCUT2D eigenvalue weighted by atomic mass is 10.1. The van der Waals surface area contributed by atoms with E-state index < -0.39 is 11.7 Å². The van der Waals surface area contributed by atoms with Crippen molar-refractivity contribution in [2.24, 2.45) is 0 Å². The number of carbonyl (C=O) groups excluding carboxylic acids is 2. The minimum absolute atomic E-state index is 0.305. The highest BCUT2D eigenvalue weighted by Gasteiger charge is 2.28. The van der Waals surface area contributed by atoms with Crippen molar-refractivity contribution in [3.63, 3.8) is 0 Å². The molecule has 0 fully saturated rings. The Balaban J connectivity index is 1.70. The summed E-state index contributed by atoms with van der Waals surface area (Å²) in [5.41, 5.74) is 3.56. The summed E-state index contributed by atoms with van der Waals surface area (Å²) >= 11 is 0. The summed E-state index contributed by atoms with van der Waals surface area (Å²) in [7, 11) is 0. The molecule has 31 heavy (non-hydrogen) atoms. The number of para-hydroxylation sites is 3. The molecule has 0 bridgehead atoms. The number of nitrogens with one attached hydrogen (secondary N) is 1. The van der Waals surface area contributed by atoms with Crippen LogP contribution < -0.4 is 5.32 Å². The average molecular weight is 415 g/mol. The lowest BCUT2D eigenvalue weighted by molar-refractivity contribution is -0.112. The van der Waals surface area contributed by atoms with Crippen LogP contribution in [-0.2, 0) is 10.3 Å². The Labute approximate surface area is 180 Å². The lowest BCUT2D eigenvalue weighted by Crippen LogP contribution is -2.29. The third-order valence-electron chi connectivity index (χ3n) is 5.18. The van der Waals surface area contributed by atoms with Gasteiger partial charge in [0.05, 0.1) is 33.7 Å². The number of amides is 1. The van der Waals surface area contributed by atoms with Gasteiger partial charge in [-0.15, -0.1) is 0 Å². The second-order valence-corrected chi connectivity index (χ2v) is 8.51. The van der Waals surface area contributed by atoms with Crippen molar-refractivity contribution >= 4 is 28.7 Å². The van der Waals surface area contributed by atoms with E-state index >= 15 is 0 Å². The summed E-state index contributed by atoms with van der Waals surface area (Å²) in [5, 5.41) is 7.21. The van der Waals surface area contributed by atoms with Crippen molar-refractivity contribution in [2.75, 3.05) is 5.32 Å². The van der Waals surface area contributed by atoms with Crippen LogP contribution in [0.25, 0.3) is 16.7 Å². The minimum Gasteiger partial charge on any atom is -0.305 e. The van der Waals surface area contributed by atoms with E-state index in [0.29, 0.717) is 22.9 Å². The van der Waals surface area contributed by atoms with Gasteiger partial charge in [0.15, 0.2) is 0 Å². The average Bonchev–Trinajstić information content (AvgIpc) is 3.24. The Kier molecular flexibility index (Phi) is 4.97. The number of aromatic nitrogens is 4. The van der Waals surface area contributed by atoms with Crippen molar-refractivity contribution in [3.05, 3.63) is 71.5 Å². The zero-order valence-electron chi connectivity index (χ0n) is 18.3. The van der Waals surface area contributed by atoms with Gasteiger partial charge in [0, 0.05) is 5.54 Å². The molecule has 1 N–H and O–H groups in total. The highest BCUT2D eigenvalue weighted by Crippen LogP contribution is 2.28. The molecule has 0 radical (unpaired) electrons. The van der Waals surface area contributed by atoms with Gasteiger partial charge in [-0.1, -0.05) is 30.3 Å². The fourth-order valence-electron chi connectivity index (χ4n) is 3.85. The maximum absolute atomic E-state index is 13.1. The molecular formula is C24H25N5O2. The summed E-state index contributed by atoms with van der Waals surface area (Å²) in [6.07, 6.45) is 0. The SMILES string of the molecule is Cc1nn(-c2ccccc2)c(C)c1C(=O)C(=O)Nc1nc2ccccc2n1C(C)(C)C. The third kappa shape index (κ3) is 3.63. The maximum atomic E-state index is 13.1. The Morgan fingerprint density at radius 2 is 1.58 bits per heavy atom. The van der Waals surface area contributed by atoms with Crippen LogP contribution in [0.5, 0.6) is 0 Å². The van der Waals surface area contributed by atoms with Gasteiger partial charge < -0.3 is 4.57 Å². The van der Waals surface area contributed by atoms with E-state index in [1.54, 1.807) is 18.5 Å². The van der Waals surface area contributed by atoms with Gasteiger partial charge in [0.1, 0.15) is 0 Å². The summed E-state index contributed by atoms with van der Waals surface area (Å²) < 4.78 is 3.61. The fourth-order valence-corrected chi connectivity index (χ4v) is 3.85. The molecule has 4 rings (SSSR count). The number of fused-ring (bicyclic) bond motifs is 1. The number of nitrogens with zero attached hydrogens (tertiary/aromatic N) is 4. The lowest BCUT2D eigenvalue weighted by Gasteiger charge is -2.24. The van der Waals surface area contributed by atoms with Gasteiger partial charge in [-0.05, 0) is 58.9 Å². The first-order chi connectivity index (χ1) is 14.7. The zero-order valence-corrected chi connectivity index (χ0v) is 18.3. The van der Waals surface area contributed by atoms with Gasteiger partial charge in [-0.3, -0.25) is 14.9 Å². The summed E-state index contributed by atoms with van der Waals surface area (Å²) in [4.78, 5) is 30.6. The minimum atomic E-state index is -0.736. The van der Waals surface area contributed by atoms with Crippen molar-refractivity contribution in [1.29, 1.82) is 0 Å². The van der Waals surface area contributed by atoms with Crippen LogP contribution in [0, 0.1) is 13.8 Å². The number of carbonyl (C=O) groups is 2. The van der Waals surface area contributed by atoms with E-state index in [4.69, 9.17) is 0 Å². The molecule has 1 amide bonds. The smallest absolute Gasteiger partial charge is 0.299 e. The number of benzene rings is 2. The first-order valence-corrected chi connectivity index (χ1v) is 10.1. The molecule has 0 aliphatic carbocycles. The first-order valence-electron chi connectivity index (χ1n) is 10.1. The van der Waals surface area contributed by atoms with Crippen molar-refractivity contribution in [1.82, 2.24) is 19.3 Å². The van der Waals surface area contributed by atoms with E-state index in [1.165, 1.54) is 0 Å². The molecule has 7 heteroatoms. The predicted molar refractivity (Wildman–Crippen MR) is 121 cm³/mol. The molecule has 7 nitrogen and oxygen atoms in total. The van der Waals surface area contributed by atoms with Crippen LogP contribution in [0.4, 0.5) is 5.95 Å². The van der Waals surface area contributed by atoms with Gasteiger partial charge in [-0.2, -0.15) is 5.10 Å². The van der Waals surface area contributed by atoms with E-state index in [0.717, 1.165) is 16.7 Å². The highest BCUT2D eigenvalue weighted by molar-refractivity contribution is 6.47. The molecule has 2 aromatic carbocycles. The molecular weight excluding hydrogens is 390 g/mol. The number of Topliss-reactive ketones (excluding diaryl/α,β-unsaturated/α-hetero) is 1. The molecule has 0 spiro atoms. The Morgan fingerprint density at radius 1 is 0.935 bits per heavy atom. The second kappa shape index (κ2) is 7.50. The number of ketones is 1. The molecule has 2 heterocycles.